The van der Waals surface area contributed by atoms with Crippen LogP contribution in [0.5, 0.6) is 5.75 Å². The molecule has 0 spiro atoms. The number of anilines is 1. The minimum atomic E-state index is -3.99. The Morgan fingerprint density at radius 3 is 2.60 bits per heavy atom. The highest BCUT2D eigenvalue weighted by atomic mass is 32.2. The first-order valence-corrected chi connectivity index (χ1v) is 7.11. The van der Waals surface area contributed by atoms with Crippen LogP contribution in [0.3, 0.4) is 0 Å². The van der Waals surface area contributed by atoms with E-state index in [1.807, 2.05) is 0 Å². The lowest BCUT2D eigenvalue weighted by Gasteiger charge is -2.11. The van der Waals surface area contributed by atoms with E-state index in [0.29, 0.717) is 0 Å². The Hall–Kier alpha value is -2.41. The van der Waals surface area contributed by atoms with Gasteiger partial charge >= 0.3 is 10.1 Å². The van der Waals surface area contributed by atoms with Gasteiger partial charge in [0.25, 0.3) is 0 Å². The van der Waals surface area contributed by atoms with Crippen LogP contribution in [-0.4, -0.2) is 19.3 Å². The van der Waals surface area contributed by atoms with Crippen molar-refractivity contribution >= 4 is 21.7 Å². The number of para-hydroxylation sites is 2. The van der Waals surface area contributed by atoms with Crippen molar-refractivity contribution in [3.05, 3.63) is 48.8 Å². The lowest BCUT2D eigenvalue weighted by molar-refractivity contribution is -0.114. The summed E-state index contributed by atoms with van der Waals surface area (Å²) >= 11 is 0. The maximum Gasteiger partial charge on any atom is 0.340 e. The van der Waals surface area contributed by atoms with Crippen LogP contribution in [0.15, 0.2) is 53.7 Å². The van der Waals surface area contributed by atoms with Gasteiger partial charge in [-0.15, -0.1) is 0 Å². The van der Waals surface area contributed by atoms with E-state index in [2.05, 4.69) is 10.3 Å². The summed E-state index contributed by atoms with van der Waals surface area (Å²) in [6, 6.07) is 9.16. The fraction of sp³-hybridized carbons (Fsp3) is 0.0769. The van der Waals surface area contributed by atoms with E-state index in [1.54, 1.807) is 18.2 Å². The smallest absolute Gasteiger partial charge is 0.340 e. The fourth-order valence-electron chi connectivity index (χ4n) is 1.49. The van der Waals surface area contributed by atoms with Crippen LogP contribution in [0.4, 0.5) is 5.69 Å². The van der Waals surface area contributed by atoms with E-state index >= 15 is 0 Å². The largest absolute Gasteiger partial charge is 0.377 e. The normalized spacial score (nSPS) is 10.8. The third-order valence-electron chi connectivity index (χ3n) is 2.32. The van der Waals surface area contributed by atoms with Crippen molar-refractivity contribution < 1.29 is 17.4 Å². The van der Waals surface area contributed by atoms with Crippen LogP contribution in [0.25, 0.3) is 0 Å². The van der Waals surface area contributed by atoms with Gasteiger partial charge in [-0.1, -0.05) is 12.1 Å². The van der Waals surface area contributed by atoms with Crippen LogP contribution in [0.2, 0.25) is 0 Å². The molecule has 0 saturated heterocycles. The molecule has 0 aliphatic heterocycles. The number of carbonyl (C=O) groups excluding carboxylic acids is 1. The molecule has 0 bridgehead atoms. The fourth-order valence-corrected chi connectivity index (χ4v) is 2.41. The maximum absolute atomic E-state index is 12.1. The van der Waals surface area contributed by atoms with Gasteiger partial charge in [0.15, 0.2) is 5.75 Å². The van der Waals surface area contributed by atoms with Gasteiger partial charge in [-0.05, 0) is 24.3 Å². The van der Waals surface area contributed by atoms with E-state index in [-0.39, 0.29) is 22.2 Å². The number of hydrogen-bond acceptors (Lipinski definition) is 5. The molecule has 1 aromatic heterocycles. The Kier molecular flexibility index (Phi) is 3.99. The van der Waals surface area contributed by atoms with Crippen molar-refractivity contribution in [1.82, 2.24) is 4.98 Å². The summed E-state index contributed by atoms with van der Waals surface area (Å²) in [6.07, 6.45) is 2.65. The standard InChI is InChI=1S/C13H12N2O4S/c1-10(16)15-12-6-2-3-7-13(12)19-20(17,18)11-5-4-8-14-9-11/h2-9H,1H3,(H,15,16). The van der Waals surface area contributed by atoms with Crippen LogP contribution in [-0.2, 0) is 14.9 Å². The Labute approximate surface area is 116 Å². The zero-order valence-corrected chi connectivity index (χ0v) is 11.4. The Bertz CT molecular complexity index is 714. The molecule has 1 heterocycles. The topological polar surface area (TPSA) is 85.4 Å². The number of benzene rings is 1. The van der Waals surface area contributed by atoms with Gasteiger partial charge in [0, 0.05) is 19.3 Å². The maximum atomic E-state index is 12.1. The zero-order valence-electron chi connectivity index (χ0n) is 10.6. The monoisotopic (exact) mass is 292 g/mol. The average Bonchev–Trinajstić information content (AvgIpc) is 2.41. The minimum absolute atomic E-state index is 0.0477. The molecule has 0 aliphatic rings. The predicted octanol–water partition coefficient (Wildman–Crippen LogP) is 1.81. The van der Waals surface area contributed by atoms with E-state index in [0.717, 1.165) is 0 Å². The molecule has 20 heavy (non-hydrogen) atoms. The molecule has 0 radical (unpaired) electrons. The van der Waals surface area contributed by atoms with E-state index < -0.39 is 10.1 Å². The Balaban J connectivity index is 2.33. The van der Waals surface area contributed by atoms with Gasteiger partial charge in [0.1, 0.15) is 4.90 Å². The highest BCUT2D eigenvalue weighted by molar-refractivity contribution is 7.87. The summed E-state index contributed by atoms with van der Waals surface area (Å²) in [7, 11) is -3.99. The molecule has 1 amide bonds. The highest BCUT2D eigenvalue weighted by Crippen LogP contribution is 2.27. The van der Waals surface area contributed by atoms with Gasteiger partial charge in [-0.2, -0.15) is 8.42 Å². The van der Waals surface area contributed by atoms with Crippen LogP contribution in [0, 0.1) is 0 Å². The van der Waals surface area contributed by atoms with Crippen molar-refractivity contribution in [3.8, 4) is 5.75 Å². The van der Waals surface area contributed by atoms with E-state index in [1.165, 1.54) is 37.5 Å². The number of rotatable bonds is 4. The second-order valence-electron chi connectivity index (χ2n) is 3.90. The van der Waals surface area contributed by atoms with Crippen molar-refractivity contribution in [1.29, 1.82) is 0 Å². The third-order valence-corrected chi connectivity index (χ3v) is 3.54. The number of aromatic nitrogens is 1. The summed E-state index contributed by atoms with van der Waals surface area (Å²) in [6.45, 7) is 1.33. The second-order valence-corrected chi connectivity index (χ2v) is 5.45. The van der Waals surface area contributed by atoms with Crippen LogP contribution < -0.4 is 9.50 Å². The van der Waals surface area contributed by atoms with Crippen molar-refractivity contribution in [2.24, 2.45) is 0 Å². The molecule has 1 N–H and O–H groups in total. The predicted molar refractivity (Wildman–Crippen MR) is 72.8 cm³/mol. The second kappa shape index (κ2) is 5.70. The summed E-state index contributed by atoms with van der Waals surface area (Å²) in [5, 5.41) is 2.50. The number of nitrogens with zero attached hydrogens (tertiary/aromatic N) is 1. The van der Waals surface area contributed by atoms with Gasteiger partial charge in [-0.3, -0.25) is 9.78 Å². The molecule has 1 aromatic carbocycles. The van der Waals surface area contributed by atoms with Gasteiger partial charge in [0.2, 0.25) is 5.91 Å². The lowest BCUT2D eigenvalue weighted by Crippen LogP contribution is -2.13. The number of amides is 1. The molecule has 2 aromatic rings. The molecular formula is C13H12N2O4S. The van der Waals surface area contributed by atoms with Gasteiger partial charge < -0.3 is 9.50 Å². The van der Waals surface area contributed by atoms with Crippen LogP contribution in [0.1, 0.15) is 6.92 Å². The molecule has 7 heteroatoms. The summed E-state index contributed by atoms with van der Waals surface area (Å²) in [4.78, 5) is 14.8. The van der Waals surface area contributed by atoms with Gasteiger partial charge in [0.05, 0.1) is 5.69 Å². The first-order chi connectivity index (χ1) is 9.49. The highest BCUT2D eigenvalue weighted by Gasteiger charge is 2.18. The summed E-state index contributed by atoms with van der Waals surface area (Å²) in [5.41, 5.74) is 0.285. The van der Waals surface area contributed by atoms with Crippen molar-refractivity contribution in [2.45, 2.75) is 11.8 Å². The average molecular weight is 292 g/mol. The van der Waals surface area contributed by atoms with Crippen molar-refractivity contribution in [2.75, 3.05) is 5.32 Å². The Morgan fingerprint density at radius 1 is 1.20 bits per heavy atom. The first kappa shape index (κ1) is 14.0. The quantitative estimate of drug-likeness (QED) is 0.869. The van der Waals surface area contributed by atoms with Crippen LogP contribution >= 0.6 is 0 Å². The number of hydrogen-bond donors (Lipinski definition) is 1. The summed E-state index contributed by atoms with van der Waals surface area (Å²) < 4.78 is 29.2. The lowest BCUT2D eigenvalue weighted by atomic mass is 10.3. The molecule has 6 nitrogen and oxygen atoms in total. The molecule has 0 saturated carbocycles. The van der Waals surface area contributed by atoms with Crippen molar-refractivity contribution in [3.63, 3.8) is 0 Å². The Morgan fingerprint density at radius 2 is 1.95 bits per heavy atom. The molecule has 0 atom stereocenters. The molecule has 104 valence electrons. The molecule has 2 rings (SSSR count). The first-order valence-electron chi connectivity index (χ1n) is 5.70. The molecule has 0 fully saturated rings. The number of pyridine rings is 1. The number of nitrogens with one attached hydrogen (secondary N) is 1. The zero-order chi connectivity index (χ0) is 14.6. The van der Waals surface area contributed by atoms with E-state index in [4.69, 9.17) is 4.18 Å². The SMILES string of the molecule is CC(=O)Nc1ccccc1OS(=O)(=O)c1cccnc1. The van der Waals surface area contributed by atoms with E-state index in [9.17, 15) is 13.2 Å². The third kappa shape index (κ3) is 3.33. The summed E-state index contributed by atoms with van der Waals surface area (Å²) in [5.74, 6) is -0.272. The van der Waals surface area contributed by atoms with Gasteiger partial charge in [-0.25, -0.2) is 0 Å². The molecule has 0 unspecified atom stereocenters. The number of carbonyl (C=O) groups is 1. The minimum Gasteiger partial charge on any atom is -0.377 e. The molecule has 0 aliphatic carbocycles. The molecular weight excluding hydrogens is 280 g/mol.